The molecule has 0 aromatic heterocycles. The molecule has 0 amide bonds. The predicted molar refractivity (Wildman–Crippen MR) is 64.3 cm³/mol. The van der Waals surface area contributed by atoms with Crippen LogP contribution in [0.25, 0.3) is 0 Å². The minimum Gasteiger partial charge on any atom is -0.0856 e. The number of hydrogen-bond acceptors (Lipinski definition) is 0. The maximum atomic E-state index is 2.47. The van der Waals surface area contributed by atoms with Crippen molar-refractivity contribution in [3.63, 3.8) is 0 Å². The normalized spacial score (nSPS) is 23.1. The fourth-order valence-electron chi connectivity index (χ4n) is 1.99. The highest BCUT2D eigenvalue weighted by atomic mass is 14.2. The first-order chi connectivity index (χ1) is 6.72. The van der Waals surface area contributed by atoms with Crippen LogP contribution in [-0.4, -0.2) is 0 Å². The molecule has 0 spiro atoms. The summed E-state index contributed by atoms with van der Waals surface area (Å²) in [5, 5.41) is 0. The lowest BCUT2D eigenvalue weighted by atomic mass is 9.87. The van der Waals surface area contributed by atoms with Crippen molar-refractivity contribution in [2.24, 2.45) is 11.8 Å². The molecule has 0 heterocycles. The summed E-state index contributed by atoms with van der Waals surface area (Å²) in [6.07, 6.45) is 13.7. The molecule has 80 valence electrons. The van der Waals surface area contributed by atoms with Gasteiger partial charge in [-0.3, -0.25) is 0 Å². The van der Waals surface area contributed by atoms with Gasteiger partial charge in [-0.15, -0.1) is 0 Å². The molecule has 14 heavy (non-hydrogen) atoms. The van der Waals surface area contributed by atoms with Crippen molar-refractivity contribution in [1.82, 2.24) is 0 Å². The zero-order chi connectivity index (χ0) is 10.4. The third-order valence-electron chi connectivity index (χ3n) is 3.09. The van der Waals surface area contributed by atoms with Gasteiger partial charge in [-0.25, -0.2) is 0 Å². The highest BCUT2D eigenvalue weighted by molar-refractivity contribution is 5.11. The van der Waals surface area contributed by atoms with Gasteiger partial charge < -0.3 is 0 Å². The Balaban J connectivity index is 2.30. The molecular formula is C14H24. The standard InChI is InChI=1S/C14H24/c1-4-13-8-10-14(11-9-13)7-5-6-12(2)3/h5-6,10,12-13H,4,7-9,11H2,1-3H3/b6-5+. The van der Waals surface area contributed by atoms with Crippen LogP contribution in [0.3, 0.4) is 0 Å². The number of rotatable bonds is 4. The Labute approximate surface area is 89.1 Å². The van der Waals surface area contributed by atoms with Gasteiger partial charge in [0.25, 0.3) is 0 Å². The lowest BCUT2D eigenvalue weighted by molar-refractivity contribution is 0.453. The maximum Gasteiger partial charge on any atom is -0.0139 e. The fraction of sp³-hybridized carbons (Fsp3) is 0.714. The van der Waals surface area contributed by atoms with Gasteiger partial charge in [0, 0.05) is 0 Å². The summed E-state index contributed by atoms with van der Waals surface area (Å²) in [7, 11) is 0. The highest BCUT2D eigenvalue weighted by Gasteiger charge is 2.11. The van der Waals surface area contributed by atoms with E-state index in [0.29, 0.717) is 5.92 Å². The molecular weight excluding hydrogens is 168 g/mol. The van der Waals surface area contributed by atoms with Crippen LogP contribution in [0.15, 0.2) is 23.8 Å². The van der Waals surface area contributed by atoms with E-state index in [-0.39, 0.29) is 0 Å². The van der Waals surface area contributed by atoms with Gasteiger partial charge in [0.1, 0.15) is 0 Å². The van der Waals surface area contributed by atoms with E-state index < -0.39 is 0 Å². The molecule has 1 rings (SSSR count). The molecule has 0 saturated carbocycles. The van der Waals surface area contributed by atoms with Crippen LogP contribution >= 0.6 is 0 Å². The van der Waals surface area contributed by atoms with Crippen molar-refractivity contribution < 1.29 is 0 Å². The molecule has 0 bridgehead atoms. The van der Waals surface area contributed by atoms with Crippen molar-refractivity contribution in [1.29, 1.82) is 0 Å². The van der Waals surface area contributed by atoms with E-state index in [4.69, 9.17) is 0 Å². The molecule has 0 fully saturated rings. The third kappa shape index (κ3) is 4.13. The molecule has 0 nitrogen and oxygen atoms in total. The smallest absolute Gasteiger partial charge is 0.0139 e. The van der Waals surface area contributed by atoms with Crippen molar-refractivity contribution in [3.8, 4) is 0 Å². The summed E-state index contributed by atoms with van der Waals surface area (Å²) in [6, 6.07) is 0. The average molecular weight is 192 g/mol. The number of allylic oxidation sites excluding steroid dienone is 4. The first-order valence-corrected chi connectivity index (χ1v) is 6.07. The zero-order valence-electron chi connectivity index (χ0n) is 9.92. The van der Waals surface area contributed by atoms with Crippen LogP contribution in [0.5, 0.6) is 0 Å². The van der Waals surface area contributed by atoms with Crippen molar-refractivity contribution >= 4 is 0 Å². The summed E-state index contributed by atoms with van der Waals surface area (Å²) in [4.78, 5) is 0. The lowest BCUT2D eigenvalue weighted by Gasteiger charge is -2.19. The molecule has 0 saturated heterocycles. The van der Waals surface area contributed by atoms with E-state index in [1.807, 2.05) is 0 Å². The molecule has 0 aromatic rings. The summed E-state index contributed by atoms with van der Waals surface area (Å²) < 4.78 is 0. The van der Waals surface area contributed by atoms with Crippen LogP contribution in [-0.2, 0) is 0 Å². The average Bonchev–Trinajstić information content (AvgIpc) is 2.18. The monoisotopic (exact) mass is 192 g/mol. The third-order valence-corrected chi connectivity index (χ3v) is 3.09. The highest BCUT2D eigenvalue weighted by Crippen LogP contribution is 2.27. The Kier molecular flexibility index (Phi) is 5.00. The number of hydrogen-bond donors (Lipinski definition) is 0. The molecule has 1 atom stereocenters. The van der Waals surface area contributed by atoms with Crippen molar-refractivity contribution in [2.75, 3.05) is 0 Å². The predicted octanol–water partition coefficient (Wildman–Crippen LogP) is 4.73. The first-order valence-electron chi connectivity index (χ1n) is 6.07. The second kappa shape index (κ2) is 6.06. The Morgan fingerprint density at radius 3 is 2.79 bits per heavy atom. The zero-order valence-corrected chi connectivity index (χ0v) is 9.92. The van der Waals surface area contributed by atoms with Crippen LogP contribution in [0.1, 0.15) is 52.9 Å². The minimum atomic E-state index is 0.697. The summed E-state index contributed by atoms with van der Waals surface area (Å²) >= 11 is 0. The van der Waals surface area contributed by atoms with Gasteiger partial charge in [-0.05, 0) is 37.5 Å². The molecule has 0 aliphatic heterocycles. The molecule has 0 radical (unpaired) electrons. The van der Waals surface area contributed by atoms with Gasteiger partial charge in [0.15, 0.2) is 0 Å². The van der Waals surface area contributed by atoms with Crippen LogP contribution in [0.4, 0.5) is 0 Å². The van der Waals surface area contributed by atoms with Crippen molar-refractivity contribution in [2.45, 2.75) is 52.9 Å². The first kappa shape index (κ1) is 11.6. The Hall–Kier alpha value is -0.520. The van der Waals surface area contributed by atoms with E-state index in [9.17, 15) is 0 Å². The second-order valence-electron chi connectivity index (χ2n) is 4.79. The van der Waals surface area contributed by atoms with Gasteiger partial charge in [0.2, 0.25) is 0 Å². The van der Waals surface area contributed by atoms with Crippen LogP contribution in [0.2, 0.25) is 0 Å². The van der Waals surface area contributed by atoms with Crippen LogP contribution in [0, 0.1) is 11.8 Å². The molecule has 0 aromatic carbocycles. The lowest BCUT2D eigenvalue weighted by Crippen LogP contribution is -2.03. The van der Waals surface area contributed by atoms with Gasteiger partial charge in [-0.2, -0.15) is 0 Å². The molecule has 0 N–H and O–H groups in total. The Morgan fingerprint density at radius 2 is 2.29 bits per heavy atom. The minimum absolute atomic E-state index is 0.697. The van der Waals surface area contributed by atoms with E-state index in [1.54, 1.807) is 5.57 Å². The summed E-state index contributed by atoms with van der Waals surface area (Å²) in [5.41, 5.74) is 1.66. The molecule has 0 heteroatoms. The Morgan fingerprint density at radius 1 is 1.50 bits per heavy atom. The Bertz CT molecular complexity index is 208. The van der Waals surface area contributed by atoms with Crippen LogP contribution < -0.4 is 0 Å². The van der Waals surface area contributed by atoms with Gasteiger partial charge in [-0.1, -0.05) is 51.0 Å². The second-order valence-corrected chi connectivity index (χ2v) is 4.79. The van der Waals surface area contributed by atoms with E-state index in [0.717, 1.165) is 5.92 Å². The van der Waals surface area contributed by atoms with E-state index in [2.05, 4.69) is 39.0 Å². The molecule has 1 unspecified atom stereocenters. The summed E-state index contributed by atoms with van der Waals surface area (Å²) in [6.45, 7) is 6.78. The molecule has 1 aliphatic carbocycles. The maximum absolute atomic E-state index is 2.47. The fourth-order valence-corrected chi connectivity index (χ4v) is 1.99. The SMILES string of the molecule is CCC1CC=C(C/C=C/C(C)C)CC1. The topological polar surface area (TPSA) is 0 Å². The van der Waals surface area contributed by atoms with Crippen molar-refractivity contribution in [3.05, 3.63) is 23.8 Å². The molecule has 1 aliphatic rings. The largest absolute Gasteiger partial charge is 0.0856 e. The quantitative estimate of drug-likeness (QED) is 0.565. The van der Waals surface area contributed by atoms with Gasteiger partial charge >= 0.3 is 0 Å². The van der Waals surface area contributed by atoms with E-state index in [1.165, 1.54) is 32.1 Å². The summed E-state index contributed by atoms with van der Waals surface area (Å²) in [5.74, 6) is 1.66. The van der Waals surface area contributed by atoms with E-state index >= 15 is 0 Å². The van der Waals surface area contributed by atoms with Gasteiger partial charge in [0.05, 0.1) is 0 Å².